The summed E-state index contributed by atoms with van der Waals surface area (Å²) in [6.07, 6.45) is 0. The Kier molecular flexibility index (Phi) is 6.24. The Morgan fingerprint density at radius 1 is 1.20 bits per heavy atom. The van der Waals surface area contributed by atoms with Gasteiger partial charge in [-0.3, -0.25) is 4.79 Å². The molecule has 0 radical (unpaired) electrons. The van der Waals surface area contributed by atoms with Crippen LogP contribution in [0.4, 0.5) is 4.39 Å². The predicted molar refractivity (Wildman–Crippen MR) is 79.5 cm³/mol. The van der Waals surface area contributed by atoms with Crippen LogP contribution in [-0.4, -0.2) is 18.0 Å². The van der Waals surface area contributed by atoms with E-state index in [0.717, 1.165) is 0 Å². The van der Waals surface area contributed by atoms with Crippen LogP contribution in [0.3, 0.4) is 0 Å². The zero-order chi connectivity index (χ0) is 15.4. The summed E-state index contributed by atoms with van der Waals surface area (Å²) >= 11 is 11.7. The average molecular weight is 322 g/mol. The van der Waals surface area contributed by atoms with Gasteiger partial charge in [0.15, 0.2) is 6.04 Å². The molecule has 0 aliphatic heterocycles. The Balaban J connectivity index is 2.78. The quantitative estimate of drug-likeness (QED) is 0.805. The molecule has 0 unspecified atom stereocenters. The molecule has 20 heavy (non-hydrogen) atoms. The molecule has 1 aromatic carbocycles. The fourth-order valence-corrected chi connectivity index (χ4v) is 2.48. The van der Waals surface area contributed by atoms with Crippen molar-refractivity contribution in [1.82, 2.24) is 5.32 Å². The van der Waals surface area contributed by atoms with Crippen molar-refractivity contribution >= 4 is 29.1 Å². The highest BCUT2D eigenvalue weighted by atomic mass is 35.5. The number of benzene rings is 1. The van der Waals surface area contributed by atoms with Crippen LogP contribution in [0.25, 0.3) is 0 Å². The lowest BCUT2D eigenvalue weighted by Crippen LogP contribution is -2.92. The van der Waals surface area contributed by atoms with Crippen LogP contribution in [0.15, 0.2) is 12.1 Å². The van der Waals surface area contributed by atoms with Gasteiger partial charge in [-0.25, -0.2) is 4.39 Å². The number of halogens is 3. The topological polar surface area (TPSA) is 45.7 Å². The molecule has 0 heterocycles. The molecule has 0 spiro atoms. The second-order valence-electron chi connectivity index (χ2n) is 5.22. The number of carbonyl (C=O) groups is 1. The van der Waals surface area contributed by atoms with Crippen molar-refractivity contribution in [2.75, 3.05) is 0 Å². The first-order valence-corrected chi connectivity index (χ1v) is 7.27. The maximum absolute atomic E-state index is 13.5. The number of hydrogen-bond acceptors (Lipinski definition) is 1. The van der Waals surface area contributed by atoms with Gasteiger partial charge in [-0.15, -0.1) is 0 Å². The summed E-state index contributed by atoms with van der Waals surface area (Å²) in [5.41, 5.74) is 0.623. The summed E-state index contributed by atoms with van der Waals surface area (Å²) < 4.78 is 13.5. The van der Waals surface area contributed by atoms with Crippen molar-refractivity contribution < 1.29 is 14.5 Å². The second kappa shape index (κ2) is 7.25. The Labute approximate surface area is 128 Å². The molecule has 0 fully saturated rings. The SMILES string of the molecule is CC(C)NC(=O)[C@@H](C)[NH2+][C@@H](C)c1cc(F)c(Cl)cc1Cl. The van der Waals surface area contributed by atoms with Crippen molar-refractivity contribution in [3.63, 3.8) is 0 Å². The van der Waals surface area contributed by atoms with Gasteiger partial charge in [0.2, 0.25) is 0 Å². The van der Waals surface area contributed by atoms with Crippen molar-refractivity contribution in [3.8, 4) is 0 Å². The van der Waals surface area contributed by atoms with Crippen molar-refractivity contribution in [1.29, 1.82) is 0 Å². The first kappa shape index (κ1) is 17.2. The molecule has 1 amide bonds. The lowest BCUT2D eigenvalue weighted by Gasteiger charge is -2.19. The summed E-state index contributed by atoms with van der Waals surface area (Å²) in [6, 6.07) is 2.35. The molecule has 0 saturated carbocycles. The maximum atomic E-state index is 13.5. The van der Waals surface area contributed by atoms with Gasteiger partial charge in [0.25, 0.3) is 5.91 Å². The molecule has 0 saturated heterocycles. The number of nitrogens with two attached hydrogens (primary N) is 1. The van der Waals surface area contributed by atoms with Crippen LogP contribution in [0.5, 0.6) is 0 Å². The summed E-state index contributed by atoms with van der Waals surface area (Å²) in [6.45, 7) is 7.47. The van der Waals surface area contributed by atoms with E-state index in [4.69, 9.17) is 23.2 Å². The zero-order valence-corrected chi connectivity index (χ0v) is 13.5. The van der Waals surface area contributed by atoms with Crippen LogP contribution < -0.4 is 10.6 Å². The minimum absolute atomic E-state index is 0.00320. The molecule has 1 rings (SSSR count). The normalized spacial score (nSPS) is 14.2. The number of hydrogen-bond donors (Lipinski definition) is 2. The molecule has 3 N–H and O–H groups in total. The van der Waals surface area contributed by atoms with Crippen LogP contribution in [0, 0.1) is 5.82 Å². The first-order chi connectivity index (χ1) is 9.22. The summed E-state index contributed by atoms with van der Waals surface area (Å²) in [4.78, 5) is 11.9. The molecular formula is C14H20Cl2FN2O+. The van der Waals surface area contributed by atoms with Gasteiger partial charge in [0.1, 0.15) is 11.9 Å². The van der Waals surface area contributed by atoms with Crippen molar-refractivity contribution in [2.24, 2.45) is 0 Å². The van der Waals surface area contributed by atoms with Gasteiger partial charge in [-0.2, -0.15) is 0 Å². The number of carbonyl (C=O) groups excluding carboxylic acids is 1. The van der Waals surface area contributed by atoms with E-state index in [0.29, 0.717) is 10.6 Å². The molecular weight excluding hydrogens is 302 g/mol. The molecule has 112 valence electrons. The van der Waals surface area contributed by atoms with Crippen molar-refractivity contribution in [3.05, 3.63) is 33.6 Å². The molecule has 0 bridgehead atoms. The van der Waals surface area contributed by atoms with E-state index in [1.54, 1.807) is 6.92 Å². The molecule has 2 atom stereocenters. The lowest BCUT2D eigenvalue weighted by atomic mass is 10.1. The van der Waals surface area contributed by atoms with E-state index in [-0.39, 0.29) is 29.1 Å². The van der Waals surface area contributed by atoms with E-state index in [9.17, 15) is 9.18 Å². The van der Waals surface area contributed by atoms with Gasteiger partial charge in [0, 0.05) is 11.6 Å². The lowest BCUT2D eigenvalue weighted by molar-refractivity contribution is -0.710. The molecule has 6 heteroatoms. The van der Waals surface area contributed by atoms with E-state index in [2.05, 4.69) is 5.32 Å². The fraction of sp³-hybridized carbons (Fsp3) is 0.500. The fourth-order valence-electron chi connectivity index (χ4n) is 1.93. The highest BCUT2D eigenvalue weighted by molar-refractivity contribution is 6.35. The van der Waals surface area contributed by atoms with E-state index >= 15 is 0 Å². The minimum Gasteiger partial charge on any atom is -0.349 e. The van der Waals surface area contributed by atoms with Gasteiger partial charge in [0.05, 0.1) is 10.0 Å². The number of amides is 1. The monoisotopic (exact) mass is 321 g/mol. The Morgan fingerprint density at radius 3 is 2.35 bits per heavy atom. The molecule has 0 aliphatic carbocycles. The third kappa shape index (κ3) is 4.62. The van der Waals surface area contributed by atoms with E-state index in [1.807, 2.05) is 26.1 Å². The molecule has 1 aromatic rings. The molecule has 0 aromatic heterocycles. The van der Waals surface area contributed by atoms with Gasteiger partial charge in [-0.1, -0.05) is 23.2 Å². The molecule has 3 nitrogen and oxygen atoms in total. The standard InChI is InChI=1S/C14H19Cl2FN2O/c1-7(2)18-14(20)9(4)19-8(3)10-5-13(17)12(16)6-11(10)15/h5-9,19H,1-4H3,(H,18,20)/p+1/t8-,9+/m0/s1. The third-order valence-corrected chi connectivity index (χ3v) is 3.57. The molecule has 0 aliphatic rings. The summed E-state index contributed by atoms with van der Waals surface area (Å²) in [5, 5.41) is 5.07. The van der Waals surface area contributed by atoms with Crippen LogP contribution >= 0.6 is 23.2 Å². The minimum atomic E-state index is -0.509. The average Bonchev–Trinajstić information content (AvgIpc) is 2.32. The van der Waals surface area contributed by atoms with Crippen LogP contribution in [0.1, 0.15) is 39.3 Å². The largest absolute Gasteiger partial charge is 0.349 e. The summed E-state index contributed by atoms with van der Waals surface area (Å²) in [7, 11) is 0. The van der Waals surface area contributed by atoms with Crippen LogP contribution in [-0.2, 0) is 4.79 Å². The smallest absolute Gasteiger partial charge is 0.278 e. The van der Waals surface area contributed by atoms with Gasteiger partial charge >= 0.3 is 0 Å². The second-order valence-corrected chi connectivity index (χ2v) is 6.04. The number of rotatable bonds is 5. The number of nitrogens with one attached hydrogen (secondary N) is 1. The van der Waals surface area contributed by atoms with E-state index < -0.39 is 5.82 Å². The Bertz CT molecular complexity index is 494. The highest BCUT2D eigenvalue weighted by Crippen LogP contribution is 2.27. The van der Waals surface area contributed by atoms with Crippen LogP contribution in [0.2, 0.25) is 10.0 Å². The van der Waals surface area contributed by atoms with Gasteiger partial charge < -0.3 is 10.6 Å². The third-order valence-electron chi connectivity index (χ3n) is 2.95. The highest BCUT2D eigenvalue weighted by Gasteiger charge is 2.23. The summed E-state index contributed by atoms with van der Waals surface area (Å²) in [5.74, 6) is -0.567. The Hall–Kier alpha value is -0.840. The zero-order valence-electron chi connectivity index (χ0n) is 12.0. The van der Waals surface area contributed by atoms with Gasteiger partial charge in [-0.05, 0) is 39.8 Å². The first-order valence-electron chi connectivity index (χ1n) is 6.52. The Morgan fingerprint density at radius 2 is 1.80 bits per heavy atom. The van der Waals surface area contributed by atoms with E-state index in [1.165, 1.54) is 12.1 Å². The predicted octanol–water partition coefficient (Wildman–Crippen LogP) is 2.67. The maximum Gasteiger partial charge on any atom is 0.278 e. The van der Waals surface area contributed by atoms with Crippen molar-refractivity contribution in [2.45, 2.75) is 45.8 Å². The number of quaternary nitrogens is 1.